The number of nitrogens with two attached hydrogens (primary N) is 1. The third kappa shape index (κ3) is 6.43. The van der Waals surface area contributed by atoms with Gasteiger partial charge in [0.05, 0.1) is 6.26 Å². The maximum Gasteiger partial charge on any atom is 0.217 e. The molecule has 1 aliphatic heterocycles. The van der Waals surface area contributed by atoms with Gasteiger partial charge in [-0.2, -0.15) is 0 Å². The lowest BCUT2D eigenvalue weighted by atomic mass is 9.95. The number of carbonyl (C=O) groups is 1. The summed E-state index contributed by atoms with van der Waals surface area (Å²) in [7, 11) is 0. The van der Waals surface area contributed by atoms with Gasteiger partial charge in [-0.3, -0.25) is 9.79 Å². The Morgan fingerprint density at radius 2 is 2.30 bits per heavy atom. The molecule has 2 aromatic heterocycles. The number of rotatable bonds is 8. The van der Waals surface area contributed by atoms with Gasteiger partial charge in [-0.25, -0.2) is 0 Å². The molecule has 0 saturated carbocycles. The molecule has 6 nitrogen and oxygen atoms in total. The molecule has 0 aliphatic carbocycles. The number of hydrogen-bond acceptors (Lipinski definition) is 4. The molecule has 3 heterocycles. The first kappa shape index (κ1) is 19.5. The summed E-state index contributed by atoms with van der Waals surface area (Å²) >= 11 is 1.77. The van der Waals surface area contributed by atoms with Crippen molar-refractivity contribution in [3.05, 3.63) is 46.5 Å². The zero-order valence-corrected chi connectivity index (χ0v) is 16.4. The van der Waals surface area contributed by atoms with Crippen molar-refractivity contribution in [2.75, 3.05) is 26.2 Å². The highest BCUT2D eigenvalue weighted by Gasteiger charge is 2.23. The van der Waals surface area contributed by atoms with Crippen molar-refractivity contribution >= 4 is 23.2 Å². The van der Waals surface area contributed by atoms with Gasteiger partial charge in [0.2, 0.25) is 5.91 Å². The van der Waals surface area contributed by atoms with E-state index in [2.05, 4.69) is 27.7 Å². The van der Waals surface area contributed by atoms with Gasteiger partial charge in [-0.1, -0.05) is 6.07 Å². The predicted octanol–water partition coefficient (Wildman–Crippen LogP) is 2.66. The van der Waals surface area contributed by atoms with Crippen molar-refractivity contribution in [2.45, 2.75) is 32.1 Å². The quantitative estimate of drug-likeness (QED) is 0.538. The summed E-state index contributed by atoms with van der Waals surface area (Å²) < 4.78 is 5.41. The Kier molecular flexibility index (Phi) is 7.33. The van der Waals surface area contributed by atoms with Crippen LogP contribution in [0.2, 0.25) is 0 Å². The minimum absolute atomic E-state index is 0.219. The van der Waals surface area contributed by atoms with Crippen LogP contribution >= 0.6 is 11.3 Å². The molecular formula is C20H28N4O2S. The summed E-state index contributed by atoms with van der Waals surface area (Å²) in [5.41, 5.74) is 5.40. The van der Waals surface area contributed by atoms with Gasteiger partial charge in [0.15, 0.2) is 5.96 Å². The first-order valence-electron chi connectivity index (χ1n) is 9.57. The zero-order chi connectivity index (χ0) is 18.9. The van der Waals surface area contributed by atoms with Crippen molar-refractivity contribution in [3.63, 3.8) is 0 Å². The minimum Gasteiger partial charge on any atom is -0.469 e. The van der Waals surface area contributed by atoms with Crippen LogP contribution in [0.1, 0.15) is 29.9 Å². The van der Waals surface area contributed by atoms with Crippen molar-refractivity contribution < 1.29 is 9.21 Å². The Morgan fingerprint density at radius 3 is 3.04 bits per heavy atom. The molecule has 3 N–H and O–H groups in total. The third-order valence-electron chi connectivity index (χ3n) is 4.74. The highest BCUT2D eigenvalue weighted by molar-refractivity contribution is 7.09. The number of aliphatic imine (C=N–C) groups is 1. The van der Waals surface area contributed by atoms with Crippen molar-refractivity contribution in [3.8, 4) is 0 Å². The Labute approximate surface area is 164 Å². The second-order valence-corrected chi connectivity index (χ2v) is 7.95. The maximum absolute atomic E-state index is 11.3. The molecular weight excluding hydrogens is 360 g/mol. The van der Waals surface area contributed by atoms with Gasteiger partial charge in [-0.05, 0) is 42.3 Å². The normalized spacial score (nSPS) is 17.9. The van der Waals surface area contributed by atoms with E-state index in [1.807, 2.05) is 12.1 Å². The lowest BCUT2D eigenvalue weighted by Crippen LogP contribution is -2.47. The number of thiophene rings is 1. The molecule has 7 heteroatoms. The average Bonchev–Trinajstić information content (AvgIpc) is 3.34. The van der Waals surface area contributed by atoms with E-state index in [1.165, 1.54) is 4.88 Å². The van der Waals surface area contributed by atoms with E-state index in [4.69, 9.17) is 15.1 Å². The van der Waals surface area contributed by atoms with Crippen LogP contribution in [0, 0.1) is 5.92 Å². The van der Waals surface area contributed by atoms with Crippen LogP contribution in [0.25, 0.3) is 0 Å². The highest BCUT2D eigenvalue weighted by atomic mass is 32.1. The second-order valence-electron chi connectivity index (χ2n) is 6.92. The van der Waals surface area contributed by atoms with Gasteiger partial charge in [0.1, 0.15) is 5.76 Å². The molecule has 1 saturated heterocycles. The van der Waals surface area contributed by atoms with Crippen LogP contribution < -0.4 is 11.1 Å². The molecule has 0 bridgehead atoms. The number of guanidine groups is 1. The molecule has 1 aliphatic rings. The SMILES string of the molecule is NC(=O)CC1CCCN(C(=NCCc2cccs2)NCCc2ccco2)C1. The maximum atomic E-state index is 11.3. The van der Waals surface area contributed by atoms with Crippen LogP contribution in [0.3, 0.4) is 0 Å². The summed E-state index contributed by atoms with van der Waals surface area (Å²) in [6.45, 7) is 3.30. The van der Waals surface area contributed by atoms with Crippen LogP contribution in [0.4, 0.5) is 0 Å². The number of nitrogens with zero attached hydrogens (tertiary/aromatic N) is 2. The lowest BCUT2D eigenvalue weighted by Gasteiger charge is -2.34. The Hall–Kier alpha value is -2.28. The number of piperidine rings is 1. The first-order chi connectivity index (χ1) is 13.2. The van der Waals surface area contributed by atoms with Gasteiger partial charge < -0.3 is 20.4 Å². The van der Waals surface area contributed by atoms with Gasteiger partial charge in [-0.15, -0.1) is 11.3 Å². The summed E-state index contributed by atoms with van der Waals surface area (Å²) in [6, 6.07) is 8.11. The lowest BCUT2D eigenvalue weighted by molar-refractivity contribution is -0.119. The Bertz CT molecular complexity index is 712. The molecule has 1 amide bonds. The highest BCUT2D eigenvalue weighted by Crippen LogP contribution is 2.19. The average molecular weight is 389 g/mol. The second kappa shape index (κ2) is 10.2. The summed E-state index contributed by atoms with van der Waals surface area (Å²) in [5.74, 6) is 1.98. The molecule has 1 atom stereocenters. The number of amides is 1. The number of likely N-dealkylation sites (tertiary alicyclic amines) is 1. The number of hydrogen-bond donors (Lipinski definition) is 2. The first-order valence-corrected chi connectivity index (χ1v) is 10.4. The van der Waals surface area contributed by atoms with Crippen molar-refractivity contribution in [1.82, 2.24) is 10.2 Å². The number of carbonyl (C=O) groups excluding carboxylic acids is 1. The zero-order valence-electron chi connectivity index (χ0n) is 15.6. The molecule has 0 aromatic carbocycles. The van der Waals surface area contributed by atoms with Gasteiger partial charge in [0, 0.05) is 50.3 Å². The molecule has 146 valence electrons. The summed E-state index contributed by atoms with van der Waals surface area (Å²) in [4.78, 5) is 19.8. The largest absolute Gasteiger partial charge is 0.469 e. The molecule has 0 spiro atoms. The predicted molar refractivity (Wildman–Crippen MR) is 109 cm³/mol. The standard InChI is InChI=1S/C20H28N4O2S/c21-19(25)14-16-4-1-11-24(15-16)20(22-9-7-17-5-2-12-26-17)23-10-8-18-6-3-13-27-18/h2-3,5-6,12-13,16H,1,4,7-11,14-15H2,(H2,21,25)(H,22,23). The number of primary amides is 1. The fraction of sp³-hybridized carbons (Fsp3) is 0.500. The van der Waals surface area contributed by atoms with E-state index in [9.17, 15) is 4.79 Å². The van der Waals surface area contributed by atoms with E-state index >= 15 is 0 Å². The van der Waals surface area contributed by atoms with E-state index in [-0.39, 0.29) is 5.91 Å². The summed E-state index contributed by atoms with van der Waals surface area (Å²) in [5, 5.41) is 5.58. The number of nitrogens with one attached hydrogen (secondary N) is 1. The minimum atomic E-state index is -0.219. The van der Waals surface area contributed by atoms with Crippen LogP contribution in [0.5, 0.6) is 0 Å². The van der Waals surface area contributed by atoms with E-state index in [0.29, 0.717) is 12.3 Å². The molecule has 27 heavy (non-hydrogen) atoms. The summed E-state index contributed by atoms with van der Waals surface area (Å²) in [6.07, 6.45) is 6.01. The molecule has 2 aromatic rings. The van der Waals surface area contributed by atoms with Crippen molar-refractivity contribution in [2.24, 2.45) is 16.6 Å². The van der Waals surface area contributed by atoms with Crippen molar-refractivity contribution in [1.29, 1.82) is 0 Å². The fourth-order valence-electron chi connectivity index (χ4n) is 3.46. The third-order valence-corrected chi connectivity index (χ3v) is 5.68. The molecule has 1 fully saturated rings. The van der Waals surface area contributed by atoms with Crippen LogP contribution in [0.15, 0.2) is 45.3 Å². The van der Waals surface area contributed by atoms with Gasteiger partial charge >= 0.3 is 0 Å². The molecule has 1 unspecified atom stereocenters. The smallest absolute Gasteiger partial charge is 0.217 e. The molecule has 0 radical (unpaired) electrons. The topological polar surface area (TPSA) is 83.9 Å². The molecule has 3 rings (SSSR count). The van der Waals surface area contributed by atoms with Crippen LogP contribution in [-0.4, -0.2) is 42.9 Å². The fourth-order valence-corrected chi connectivity index (χ4v) is 4.15. The Balaban J connectivity index is 1.59. The van der Waals surface area contributed by atoms with Crippen LogP contribution in [-0.2, 0) is 17.6 Å². The van der Waals surface area contributed by atoms with E-state index < -0.39 is 0 Å². The Morgan fingerprint density at radius 1 is 1.37 bits per heavy atom. The number of furan rings is 1. The van der Waals surface area contributed by atoms with E-state index in [1.54, 1.807) is 17.6 Å². The van der Waals surface area contributed by atoms with E-state index in [0.717, 1.165) is 63.6 Å². The monoisotopic (exact) mass is 388 g/mol. The van der Waals surface area contributed by atoms with Gasteiger partial charge in [0.25, 0.3) is 0 Å².